The van der Waals surface area contributed by atoms with E-state index >= 15 is 0 Å². The van der Waals surface area contributed by atoms with E-state index in [1.165, 1.54) is 0 Å². The Hall–Kier alpha value is -1.91. The highest BCUT2D eigenvalue weighted by atomic mass is 16.5. The number of amides is 1. The van der Waals surface area contributed by atoms with Crippen molar-refractivity contribution in [2.75, 3.05) is 13.2 Å². The largest absolute Gasteiger partial charge is 0.466 e. The van der Waals surface area contributed by atoms with Crippen molar-refractivity contribution in [2.24, 2.45) is 0 Å². The van der Waals surface area contributed by atoms with E-state index in [4.69, 9.17) is 4.74 Å². The van der Waals surface area contributed by atoms with Crippen molar-refractivity contribution in [1.82, 2.24) is 9.88 Å². The van der Waals surface area contributed by atoms with Crippen LogP contribution >= 0.6 is 0 Å². The molecule has 0 saturated carbocycles. The molecule has 0 unspecified atom stereocenters. The number of hydrogen-bond acceptors (Lipinski definition) is 4. The Morgan fingerprint density at radius 3 is 2.53 bits per heavy atom. The van der Waals surface area contributed by atoms with E-state index in [1.54, 1.807) is 24.2 Å². The third-order valence-electron chi connectivity index (χ3n) is 2.67. The first-order valence-corrected chi connectivity index (χ1v) is 6.49. The zero-order valence-electron chi connectivity index (χ0n) is 11.5. The Labute approximate surface area is 113 Å². The van der Waals surface area contributed by atoms with Crippen LogP contribution in [0.4, 0.5) is 0 Å². The number of rotatable bonds is 7. The molecule has 0 saturated heterocycles. The molecule has 0 N–H and O–H groups in total. The van der Waals surface area contributed by atoms with Gasteiger partial charge in [-0.1, -0.05) is 6.92 Å². The van der Waals surface area contributed by atoms with Gasteiger partial charge in [0.25, 0.3) is 0 Å². The van der Waals surface area contributed by atoms with Crippen LogP contribution in [-0.4, -0.2) is 34.9 Å². The maximum Gasteiger partial charge on any atom is 0.307 e. The molecular formula is C14H20N2O3. The van der Waals surface area contributed by atoms with Gasteiger partial charge in [0.15, 0.2) is 0 Å². The minimum atomic E-state index is -0.272. The first-order valence-electron chi connectivity index (χ1n) is 6.49. The Morgan fingerprint density at radius 2 is 1.95 bits per heavy atom. The molecule has 1 aromatic heterocycles. The average molecular weight is 264 g/mol. The van der Waals surface area contributed by atoms with Crippen molar-refractivity contribution >= 4 is 11.9 Å². The number of esters is 1. The normalized spacial score (nSPS) is 10.0. The fourth-order valence-electron chi connectivity index (χ4n) is 1.68. The molecule has 0 aromatic carbocycles. The summed E-state index contributed by atoms with van der Waals surface area (Å²) in [6.07, 6.45) is 4.03. The van der Waals surface area contributed by atoms with Crippen molar-refractivity contribution in [1.29, 1.82) is 0 Å². The van der Waals surface area contributed by atoms with E-state index in [9.17, 15) is 9.59 Å². The second-order valence-electron chi connectivity index (χ2n) is 4.08. The smallest absolute Gasteiger partial charge is 0.307 e. The van der Waals surface area contributed by atoms with Crippen LogP contribution in [0, 0.1) is 0 Å². The Morgan fingerprint density at radius 1 is 1.26 bits per heavy atom. The molecule has 1 aromatic rings. The summed E-state index contributed by atoms with van der Waals surface area (Å²) >= 11 is 0. The van der Waals surface area contributed by atoms with Crippen LogP contribution in [0.15, 0.2) is 24.5 Å². The maximum absolute atomic E-state index is 11.8. The van der Waals surface area contributed by atoms with E-state index < -0.39 is 0 Å². The van der Waals surface area contributed by atoms with Gasteiger partial charge in [0.1, 0.15) is 0 Å². The summed E-state index contributed by atoms with van der Waals surface area (Å²) in [5.41, 5.74) is 1.00. The fourth-order valence-corrected chi connectivity index (χ4v) is 1.68. The quantitative estimate of drug-likeness (QED) is 0.704. The van der Waals surface area contributed by atoms with E-state index in [0.29, 0.717) is 26.1 Å². The van der Waals surface area contributed by atoms with Crippen molar-refractivity contribution < 1.29 is 14.3 Å². The topological polar surface area (TPSA) is 59.5 Å². The molecule has 5 heteroatoms. The van der Waals surface area contributed by atoms with Crippen LogP contribution < -0.4 is 0 Å². The third kappa shape index (κ3) is 5.50. The number of pyridine rings is 1. The maximum atomic E-state index is 11.8. The molecule has 19 heavy (non-hydrogen) atoms. The zero-order chi connectivity index (χ0) is 14.1. The Balaban J connectivity index is 2.57. The molecule has 0 aliphatic rings. The van der Waals surface area contributed by atoms with Gasteiger partial charge in [0, 0.05) is 31.9 Å². The molecule has 1 heterocycles. The number of carbonyl (C=O) groups excluding carboxylic acids is 2. The standard InChI is InChI=1S/C14H20N2O3/c1-3-13(17)16(10-7-14(18)19-4-2)11-12-5-8-15-9-6-12/h5-6,8-9H,3-4,7,10-11H2,1-2H3. The Kier molecular flexibility index (Phi) is 6.57. The van der Waals surface area contributed by atoms with Crippen LogP contribution in [0.2, 0.25) is 0 Å². The van der Waals surface area contributed by atoms with Crippen molar-refractivity contribution in [3.63, 3.8) is 0 Å². The summed E-state index contributed by atoms with van der Waals surface area (Å²) in [5.74, 6) is -0.243. The fraction of sp³-hybridized carbons (Fsp3) is 0.500. The van der Waals surface area contributed by atoms with Gasteiger partial charge in [-0.2, -0.15) is 0 Å². The number of ether oxygens (including phenoxy) is 1. The molecule has 0 fully saturated rings. The number of hydrogen-bond donors (Lipinski definition) is 0. The van der Waals surface area contributed by atoms with Gasteiger partial charge < -0.3 is 9.64 Å². The van der Waals surface area contributed by atoms with Gasteiger partial charge >= 0.3 is 5.97 Å². The summed E-state index contributed by atoms with van der Waals surface area (Å²) < 4.78 is 4.87. The average Bonchev–Trinajstić information content (AvgIpc) is 2.44. The lowest BCUT2D eigenvalue weighted by Gasteiger charge is -2.21. The van der Waals surface area contributed by atoms with Crippen molar-refractivity contribution in [3.05, 3.63) is 30.1 Å². The lowest BCUT2D eigenvalue weighted by Crippen LogP contribution is -2.32. The van der Waals surface area contributed by atoms with Crippen molar-refractivity contribution in [3.8, 4) is 0 Å². The van der Waals surface area contributed by atoms with E-state index in [-0.39, 0.29) is 18.3 Å². The molecule has 1 amide bonds. The number of nitrogens with zero attached hydrogens (tertiary/aromatic N) is 2. The highest BCUT2D eigenvalue weighted by Gasteiger charge is 2.14. The molecule has 0 atom stereocenters. The van der Waals surface area contributed by atoms with Crippen LogP contribution in [0.1, 0.15) is 32.3 Å². The summed E-state index contributed by atoms with van der Waals surface area (Å²) in [7, 11) is 0. The zero-order valence-corrected chi connectivity index (χ0v) is 11.5. The number of aromatic nitrogens is 1. The molecule has 0 bridgehead atoms. The van der Waals surface area contributed by atoms with Gasteiger partial charge in [0.05, 0.1) is 13.0 Å². The van der Waals surface area contributed by atoms with E-state index in [0.717, 1.165) is 5.56 Å². The van der Waals surface area contributed by atoms with Gasteiger partial charge in [-0.15, -0.1) is 0 Å². The molecule has 0 aliphatic carbocycles. The predicted molar refractivity (Wildman–Crippen MR) is 71.2 cm³/mol. The first kappa shape index (κ1) is 15.1. The van der Waals surface area contributed by atoms with Crippen LogP contribution in [0.3, 0.4) is 0 Å². The number of carbonyl (C=O) groups is 2. The molecule has 104 valence electrons. The van der Waals surface area contributed by atoms with Gasteiger partial charge in [-0.05, 0) is 24.6 Å². The van der Waals surface area contributed by atoms with Gasteiger partial charge in [-0.3, -0.25) is 14.6 Å². The second-order valence-corrected chi connectivity index (χ2v) is 4.08. The summed E-state index contributed by atoms with van der Waals surface area (Å²) in [4.78, 5) is 28.8. The lowest BCUT2D eigenvalue weighted by atomic mass is 10.2. The minimum absolute atomic E-state index is 0.0288. The van der Waals surface area contributed by atoms with Crippen LogP contribution in [-0.2, 0) is 20.9 Å². The molecule has 0 spiro atoms. The highest BCUT2D eigenvalue weighted by molar-refractivity contribution is 5.77. The summed E-state index contributed by atoms with van der Waals surface area (Å²) in [6.45, 7) is 4.82. The third-order valence-corrected chi connectivity index (χ3v) is 2.67. The van der Waals surface area contributed by atoms with Crippen LogP contribution in [0.5, 0.6) is 0 Å². The highest BCUT2D eigenvalue weighted by Crippen LogP contribution is 2.06. The van der Waals surface area contributed by atoms with E-state index in [2.05, 4.69) is 4.98 Å². The SMILES string of the molecule is CCOC(=O)CCN(Cc1ccncc1)C(=O)CC. The lowest BCUT2D eigenvalue weighted by molar-refractivity contribution is -0.144. The van der Waals surface area contributed by atoms with E-state index in [1.807, 2.05) is 19.1 Å². The minimum Gasteiger partial charge on any atom is -0.466 e. The Bertz CT molecular complexity index is 406. The molecule has 5 nitrogen and oxygen atoms in total. The monoisotopic (exact) mass is 264 g/mol. The van der Waals surface area contributed by atoms with Crippen molar-refractivity contribution in [2.45, 2.75) is 33.2 Å². The molecule has 1 rings (SSSR count). The van der Waals surface area contributed by atoms with Gasteiger partial charge in [0.2, 0.25) is 5.91 Å². The van der Waals surface area contributed by atoms with Crippen LogP contribution in [0.25, 0.3) is 0 Å². The molecule has 0 radical (unpaired) electrons. The molecular weight excluding hydrogens is 244 g/mol. The summed E-state index contributed by atoms with van der Waals surface area (Å²) in [5, 5.41) is 0. The van der Waals surface area contributed by atoms with Gasteiger partial charge in [-0.25, -0.2) is 0 Å². The molecule has 0 aliphatic heterocycles. The summed E-state index contributed by atoms with van der Waals surface area (Å²) in [6, 6.07) is 3.72. The first-order chi connectivity index (χ1) is 9.17. The second kappa shape index (κ2) is 8.24. The predicted octanol–water partition coefficient (Wildman–Crippen LogP) is 1.77.